The van der Waals surface area contributed by atoms with Gasteiger partial charge in [0.05, 0.1) is 35.0 Å². The van der Waals surface area contributed by atoms with E-state index in [1.165, 1.54) is 48.7 Å². The number of thiazole rings is 1. The number of halogens is 2. The number of rotatable bonds is 10. The summed E-state index contributed by atoms with van der Waals surface area (Å²) in [6.45, 7) is 6.48. The van der Waals surface area contributed by atoms with Gasteiger partial charge in [-0.1, -0.05) is 53.8 Å². The number of hydrogen-bond acceptors (Lipinski definition) is 5. The minimum Gasteiger partial charge on any atom is -0.493 e. The Hall–Kier alpha value is -3.16. The number of allylic oxidation sites excluding steroid dienone is 7. The lowest BCUT2D eigenvalue weighted by Crippen LogP contribution is -2.30. The molecule has 0 aliphatic heterocycles. The molecule has 174 valence electrons. The number of anilines is 1. The van der Waals surface area contributed by atoms with Crippen molar-refractivity contribution in [1.29, 1.82) is 0 Å². The van der Waals surface area contributed by atoms with Gasteiger partial charge in [-0.25, -0.2) is 9.37 Å². The van der Waals surface area contributed by atoms with Gasteiger partial charge in [-0.3, -0.25) is 9.69 Å². The lowest BCUT2D eigenvalue weighted by atomic mass is 10.1. The highest BCUT2D eigenvalue weighted by Crippen LogP contribution is 2.33. The average molecular weight is 489 g/mol. The zero-order valence-corrected chi connectivity index (χ0v) is 20.5. The number of ether oxygens (including phenoxy) is 2. The van der Waals surface area contributed by atoms with Gasteiger partial charge in [0.1, 0.15) is 6.67 Å². The number of alkyl halides is 1. The van der Waals surface area contributed by atoms with Crippen LogP contribution in [0, 0.1) is 0 Å². The summed E-state index contributed by atoms with van der Waals surface area (Å²) in [6, 6.07) is 7.56. The van der Waals surface area contributed by atoms with Crippen LogP contribution < -0.4 is 4.90 Å². The van der Waals surface area contributed by atoms with Crippen molar-refractivity contribution in [3.8, 4) is 0 Å². The molecule has 2 aromatic rings. The van der Waals surface area contributed by atoms with Gasteiger partial charge < -0.3 is 9.47 Å². The molecule has 0 bridgehead atoms. The molecule has 0 saturated heterocycles. The second kappa shape index (κ2) is 12.8. The first-order valence-corrected chi connectivity index (χ1v) is 11.2. The summed E-state index contributed by atoms with van der Waals surface area (Å²) in [4.78, 5) is 19.7. The van der Waals surface area contributed by atoms with Crippen LogP contribution in [-0.4, -0.2) is 31.8 Å². The van der Waals surface area contributed by atoms with E-state index in [1.807, 2.05) is 37.3 Å². The zero-order chi connectivity index (χ0) is 24.4. The van der Waals surface area contributed by atoms with Crippen LogP contribution >= 0.6 is 22.9 Å². The average Bonchev–Trinajstić information content (AvgIpc) is 3.24. The van der Waals surface area contributed by atoms with Crippen molar-refractivity contribution >= 4 is 44.2 Å². The van der Waals surface area contributed by atoms with Gasteiger partial charge in [0, 0.05) is 11.8 Å². The molecule has 0 unspecified atom stereocenters. The number of amides is 1. The van der Waals surface area contributed by atoms with Crippen molar-refractivity contribution in [3.05, 3.63) is 95.1 Å². The van der Waals surface area contributed by atoms with Crippen molar-refractivity contribution in [2.75, 3.05) is 25.8 Å². The quantitative estimate of drug-likeness (QED) is 0.209. The third-order valence-electron chi connectivity index (χ3n) is 4.41. The van der Waals surface area contributed by atoms with Crippen LogP contribution in [0.3, 0.4) is 0 Å². The van der Waals surface area contributed by atoms with E-state index >= 15 is 0 Å². The molecule has 0 aliphatic carbocycles. The first-order chi connectivity index (χ1) is 15.9. The molecule has 0 saturated carbocycles. The number of methoxy groups -OCH3 is 2. The number of carbonyl (C=O) groups excluding carboxylic acids is 1. The van der Waals surface area contributed by atoms with Crippen molar-refractivity contribution < 1.29 is 18.7 Å². The SMILES string of the molecule is C=C/C(Cl)=C(\C=C/CF)C(=O)N(/C(C)=C/C(OC)=C(\C=C/C)OC)c1nc2ccccc2s1. The number of aromatic nitrogens is 1. The highest BCUT2D eigenvalue weighted by Gasteiger charge is 2.25. The highest BCUT2D eigenvalue weighted by atomic mass is 35.5. The molecule has 33 heavy (non-hydrogen) atoms. The molecule has 2 rings (SSSR count). The molecule has 0 radical (unpaired) electrons. The molecular weight excluding hydrogens is 463 g/mol. The lowest BCUT2D eigenvalue weighted by molar-refractivity contribution is -0.114. The maximum atomic E-state index is 13.7. The van der Waals surface area contributed by atoms with Gasteiger partial charge in [0.25, 0.3) is 5.91 Å². The van der Waals surface area contributed by atoms with E-state index in [0.29, 0.717) is 22.3 Å². The standard InChI is InChI=1S/C25H26ClFN2O3S/c1-6-11-21(31-4)22(32-5)16-17(3)29(24(30)18(12-10-15-27)19(26)7-2)25-28-20-13-8-9-14-23(20)33-25/h6-14,16H,2,15H2,1,3-5H3/b11-6-,12-10-,17-16+,19-18-,22-21-. The van der Waals surface area contributed by atoms with Crippen LogP contribution in [0.25, 0.3) is 10.2 Å². The molecular formula is C25H26ClFN2O3S. The molecule has 5 nitrogen and oxygen atoms in total. The minimum atomic E-state index is -0.745. The van der Waals surface area contributed by atoms with Crippen LogP contribution in [0.2, 0.25) is 0 Å². The number of fused-ring (bicyclic) bond motifs is 1. The van der Waals surface area contributed by atoms with E-state index < -0.39 is 12.6 Å². The summed E-state index contributed by atoms with van der Waals surface area (Å²) in [5.41, 5.74) is 1.33. The number of para-hydroxylation sites is 1. The summed E-state index contributed by atoms with van der Waals surface area (Å²) < 4.78 is 24.7. The smallest absolute Gasteiger partial charge is 0.265 e. The molecule has 0 fully saturated rings. The third kappa shape index (κ3) is 6.43. The van der Waals surface area contributed by atoms with E-state index in [2.05, 4.69) is 11.6 Å². The minimum absolute atomic E-state index is 0.0830. The second-order valence-corrected chi connectivity index (χ2v) is 7.97. The lowest BCUT2D eigenvalue weighted by Gasteiger charge is -2.22. The van der Waals surface area contributed by atoms with Gasteiger partial charge >= 0.3 is 0 Å². The van der Waals surface area contributed by atoms with E-state index in [1.54, 1.807) is 19.1 Å². The number of benzene rings is 1. The van der Waals surface area contributed by atoms with Gasteiger partial charge in [-0.15, -0.1) is 0 Å². The Morgan fingerprint density at radius 3 is 2.52 bits per heavy atom. The Labute approximate surface area is 202 Å². The first-order valence-electron chi connectivity index (χ1n) is 9.99. The Kier molecular flexibility index (Phi) is 10.1. The van der Waals surface area contributed by atoms with Gasteiger partial charge in [0.2, 0.25) is 0 Å². The van der Waals surface area contributed by atoms with E-state index in [9.17, 15) is 9.18 Å². The summed E-state index contributed by atoms with van der Waals surface area (Å²) in [7, 11) is 3.04. The Morgan fingerprint density at radius 1 is 1.24 bits per heavy atom. The molecule has 0 atom stereocenters. The van der Waals surface area contributed by atoms with Crippen molar-refractivity contribution in [1.82, 2.24) is 4.98 Å². The number of nitrogens with zero attached hydrogens (tertiary/aromatic N) is 2. The molecule has 1 aromatic heterocycles. The van der Waals surface area contributed by atoms with Crippen LogP contribution in [0.5, 0.6) is 0 Å². The molecule has 8 heteroatoms. The van der Waals surface area contributed by atoms with E-state index in [4.69, 9.17) is 21.1 Å². The van der Waals surface area contributed by atoms with Crippen molar-refractivity contribution in [2.24, 2.45) is 0 Å². The normalized spacial score (nSPS) is 13.8. The summed E-state index contributed by atoms with van der Waals surface area (Å²) >= 11 is 7.61. The van der Waals surface area contributed by atoms with Crippen LogP contribution in [0.15, 0.2) is 95.1 Å². The maximum absolute atomic E-state index is 13.7. The third-order valence-corrected chi connectivity index (χ3v) is 5.79. The molecule has 0 aliphatic rings. The van der Waals surface area contributed by atoms with Gasteiger partial charge in [-0.05, 0) is 44.2 Å². The Bertz CT molecular complexity index is 1130. The van der Waals surface area contributed by atoms with Crippen LogP contribution in [0.1, 0.15) is 13.8 Å². The monoisotopic (exact) mass is 488 g/mol. The topological polar surface area (TPSA) is 51.7 Å². The van der Waals surface area contributed by atoms with Crippen molar-refractivity contribution in [3.63, 3.8) is 0 Å². The Balaban J connectivity index is 2.75. The van der Waals surface area contributed by atoms with Crippen molar-refractivity contribution in [2.45, 2.75) is 13.8 Å². The fourth-order valence-electron chi connectivity index (χ4n) is 2.89. The van der Waals surface area contributed by atoms with Gasteiger partial charge in [-0.2, -0.15) is 0 Å². The van der Waals surface area contributed by atoms with E-state index in [0.717, 1.165) is 10.2 Å². The van der Waals surface area contributed by atoms with Gasteiger partial charge in [0.15, 0.2) is 16.6 Å². The maximum Gasteiger partial charge on any atom is 0.265 e. The second-order valence-electron chi connectivity index (χ2n) is 6.55. The zero-order valence-electron chi connectivity index (χ0n) is 19.0. The molecule has 1 heterocycles. The predicted molar refractivity (Wildman–Crippen MR) is 135 cm³/mol. The molecule has 1 amide bonds. The fraction of sp³-hybridized carbons (Fsp3) is 0.200. The summed E-state index contributed by atoms with van der Waals surface area (Å²) in [5.74, 6) is 0.401. The predicted octanol–water partition coefficient (Wildman–Crippen LogP) is 6.82. The largest absolute Gasteiger partial charge is 0.493 e. The molecule has 0 N–H and O–H groups in total. The van der Waals surface area contributed by atoms with Crippen LogP contribution in [0.4, 0.5) is 9.52 Å². The summed E-state index contributed by atoms with van der Waals surface area (Å²) in [5, 5.41) is 0.521. The molecule has 0 spiro atoms. The fourth-order valence-corrected chi connectivity index (χ4v) is 4.05. The van der Waals surface area contributed by atoms with Crippen LogP contribution in [-0.2, 0) is 14.3 Å². The molecule has 1 aromatic carbocycles. The Morgan fingerprint density at radius 2 is 1.94 bits per heavy atom. The summed E-state index contributed by atoms with van der Waals surface area (Å²) in [6.07, 6.45) is 9.11. The van der Waals surface area contributed by atoms with E-state index in [-0.39, 0.29) is 10.6 Å². The highest BCUT2D eigenvalue weighted by molar-refractivity contribution is 7.22. The first kappa shape index (κ1) is 26.1. The number of hydrogen-bond donors (Lipinski definition) is 0. The number of carbonyl (C=O) groups is 1.